The minimum atomic E-state index is -0.407. The fourth-order valence-corrected chi connectivity index (χ4v) is 3.93. The Morgan fingerprint density at radius 1 is 1.26 bits per heavy atom. The molecule has 1 aliphatic rings. The molecule has 0 unspecified atom stereocenters. The van der Waals surface area contributed by atoms with Gasteiger partial charge in [-0.2, -0.15) is 0 Å². The molecule has 144 valence electrons. The third-order valence-electron chi connectivity index (χ3n) is 4.63. The first kappa shape index (κ1) is 19.3. The first-order valence-electron chi connectivity index (χ1n) is 9.21. The summed E-state index contributed by atoms with van der Waals surface area (Å²) in [7, 11) is 3.98. The van der Waals surface area contributed by atoms with Crippen molar-refractivity contribution in [3.8, 4) is 10.6 Å². The number of aromatic nitrogens is 2. The number of hydrogen-bond donors (Lipinski definition) is 1. The van der Waals surface area contributed by atoms with Gasteiger partial charge in [-0.15, -0.1) is 10.2 Å². The highest BCUT2D eigenvalue weighted by Crippen LogP contribution is 2.28. The summed E-state index contributed by atoms with van der Waals surface area (Å²) in [5, 5.41) is 12.3. The maximum atomic E-state index is 12.6. The van der Waals surface area contributed by atoms with Crippen LogP contribution in [0.2, 0.25) is 0 Å². The second-order valence-electron chi connectivity index (χ2n) is 6.84. The van der Waals surface area contributed by atoms with Gasteiger partial charge >= 0.3 is 0 Å². The average molecular weight is 388 g/mol. The van der Waals surface area contributed by atoms with Crippen LogP contribution < -0.4 is 10.2 Å². The minimum absolute atomic E-state index is 0.0501. The molecule has 1 saturated heterocycles. The topological polar surface area (TPSA) is 78.4 Å². The lowest BCUT2D eigenvalue weighted by Gasteiger charge is -2.23. The van der Waals surface area contributed by atoms with E-state index in [1.165, 1.54) is 11.3 Å². The highest BCUT2D eigenvalue weighted by atomic mass is 32.1. The van der Waals surface area contributed by atoms with Crippen LogP contribution in [0.3, 0.4) is 0 Å². The number of benzene rings is 1. The summed E-state index contributed by atoms with van der Waals surface area (Å²) >= 11 is 1.34. The number of likely N-dealkylation sites (tertiary alicyclic amines) is 1. The van der Waals surface area contributed by atoms with Crippen LogP contribution in [0.15, 0.2) is 24.3 Å². The quantitative estimate of drug-likeness (QED) is 0.824. The number of amides is 2. The van der Waals surface area contributed by atoms with Crippen molar-refractivity contribution >= 4 is 34.0 Å². The van der Waals surface area contributed by atoms with Gasteiger partial charge in [0, 0.05) is 38.3 Å². The predicted octanol–water partition coefficient (Wildman–Crippen LogP) is 3.00. The molecule has 1 atom stereocenters. The number of carbonyl (C=O) groups is 2. The van der Waals surface area contributed by atoms with Crippen molar-refractivity contribution in [1.82, 2.24) is 15.1 Å². The Hall–Kier alpha value is -2.48. The maximum absolute atomic E-state index is 12.6. The molecule has 0 bridgehead atoms. The third kappa shape index (κ3) is 4.44. The molecule has 0 radical (unpaired) electrons. The zero-order chi connectivity index (χ0) is 19.4. The van der Waals surface area contributed by atoms with Gasteiger partial charge in [0.25, 0.3) is 0 Å². The van der Waals surface area contributed by atoms with Gasteiger partial charge in [0.15, 0.2) is 0 Å². The Kier molecular flexibility index (Phi) is 6.05. The molecule has 0 saturated carbocycles. The fraction of sp³-hybridized carbons (Fsp3) is 0.474. The Balaban J connectivity index is 1.66. The van der Waals surface area contributed by atoms with Gasteiger partial charge in [0.2, 0.25) is 16.9 Å². The molecule has 3 rings (SSSR count). The molecule has 1 N–H and O–H groups in total. The van der Waals surface area contributed by atoms with Crippen molar-refractivity contribution in [3.63, 3.8) is 0 Å². The fourth-order valence-electron chi connectivity index (χ4n) is 3.18. The van der Waals surface area contributed by atoms with Crippen LogP contribution >= 0.6 is 11.3 Å². The molecule has 1 aromatic heterocycles. The van der Waals surface area contributed by atoms with Gasteiger partial charge in [0.05, 0.1) is 0 Å². The Morgan fingerprint density at radius 2 is 2.00 bits per heavy atom. The van der Waals surface area contributed by atoms with Crippen molar-refractivity contribution in [1.29, 1.82) is 0 Å². The number of anilines is 2. The summed E-state index contributed by atoms with van der Waals surface area (Å²) in [6, 6.07) is 7.61. The summed E-state index contributed by atoms with van der Waals surface area (Å²) in [4.78, 5) is 28.5. The van der Waals surface area contributed by atoms with E-state index in [2.05, 4.69) is 15.5 Å². The summed E-state index contributed by atoms with van der Waals surface area (Å²) in [5.74, 6) is -0.128. The number of carbonyl (C=O) groups excluding carboxylic acids is 2. The lowest BCUT2D eigenvalue weighted by atomic mass is 10.2. The van der Waals surface area contributed by atoms with E-state index in [4.69, 9.17) is 0 Å². The van der Waals surface area contributed by atoms with Crippen LogP contribution in [0.5, 0.6) is 0 Å². The highest BCUT2D eigenvalue weighted by Gasteiger charge is 2.33. The molecular weight excluding hydrogens is 362 g/mol. The number of nitrogens with zero attached hydrogens (tertiary/aromatic N) is 4. The van der Waals surface area contributed by atoms with E-state index >= 15 is 0 Å². The molecule has 1 fully saturated rings. The van der Waals surface area contributed by atoms with Gasteiger partial charge in [-0.1, -0.05) is 18.3 Å². The van der Waals surface area contributed by atoms with Crippen molar-refractivity contribution in [2.24, 2.45) is 0 Å². The molecule has 2 aromatic rings. The normalized spacial score (nSPS) is 16.4. The number of rotatable bonds is 6. The van der Waals surface area contributed by atoms with Gasteiger partial charge in [-0.3, -0.25) is 14.9 Å². The zero-order valence-corrected chi connectivity index (χ0v) is 16.8. The van der Waals surface area contributed by atoms with E-state index < -0.39 is 6.04 Å². The number of nitrogens with one attached hydrogen (secondary N) is 1. The second-order valence-corrected chi connectivity index (χ2v) is 7.82. The van der Waals surface area contributed by atoms with Crippen LogP contribution in [-0.4, -0.2) is 53.6 Å². The van der Waals surface area contributed by atoms with E-state index in [1.54, 1.807) is 4.90 Å². The monoisotopic (exact) mass is 387 g/mol. The van der Waals surface area contributed by atoms with Crippen LogP contribution in [0, 0.1) is 0 Å². The van der Waals surface area contributed by atoms with Crippen LogP contribution in [-0.2, 0) is 9.59 Å². The molecule has 8 heteroatoms. The molecule has 27 heavy (non-hydrogen) atoms. The molecule has 1 aliphatic heterocycles. The Bertz CT molecular complexity index is 803. The average Bonchev–Trinajstić information content (AvgIpc) is 3.31. The van der Waals surface area contributed by atoms with Gasteiger partial charge in [-0.05, 0) is 43.5 Å². The molecule has 2 amide bonds. The van der Waals surface area contributed by atoms with E-state index in [-0.39, 0.29) is 11.8 Å². The zero-order valence-electron chi connectivity index (χ0n) is 15.9. The minimum Gasteiger partial charge on any atom is -0.378 e. The molecule has 0 aliphatic carbocycles. The summed E-state index contributed by atoms with van der Waals surface area (Å²) in [5.41, 5.74) is 2.06. The van der Waals surface area contributed by atoms with Gasteiger partial charge < -0.3 is 9.80 Å². The van der Waals surface area contributed by atoms with Crippen molar-refractivity contribution in [2.45, 2.75) is 38.6 Å². The highest BCUT2D eigenvalue weighted by molar-refractivity contribution is 7.18. The van der Waals surface area contributed by atoms with Crippen molar-refractivity contribution < 1.29 is 9.59 Å². The molecule has 2 heterocycles. The SMILES string of the molecule is CCCC(=O)N1CCC[C@H]1C(=O)Nc1nnc(-c2ccc(N(C)C)cc2)s1. The maximum Gasteiger partial charge on any atom is 0.249 e. The Labute approximate surface area is 163 Å². The molecule has 7 nitrogen and oxygen atoms in total. The lowest BCUT2D eigenvalue weighted by molar-refractivity contribution is -0.136. The van der Waals surface area contributed by atoms with E-state index in [1.807, 2.05) is 50.2 Å². The van der Waals surface area contributed by atoms with Gasteiger partial charge in [0.1, 0.15) is 11.0 Å². The Morgan fingerprint density at radius 3 is 2.67 bits per heavy atom. The summed E-state index contributed by atoms with van der Waals surface area (Å²) in [6.45, 7) is 2.62. The largest absolute Gasteiger partial charge is 0.378 e. The first-order chi connectivity index (χ1) is 13.0. The van der Waals surface area contributed by atoms with E-state index in [0.717, 1.165) is 29.1 Å². The van der Waals surface area contributed by atoms with Crippen molar-refractivity contribution in [2.75, 3.05) is 30.9 Å². The van der Waals surface area contributed by atoms with E-state index in [9.17, 15) is 9.59 Å². The standard InChI is InChI=1S/C19H25N5O2S/c1-4-6-16(25)24-12-5-7-15(24)17(26)20-19-22-21-18(27-19)13-8-10-14(11-9-13)23(2)3/h8-11,15H,4-7,12H2,1-3H3,(H,20,22,26)/t15-/m0/s1. The lowest BCUT2D eigenvalue weighted by Crippen LogP contribution is -2.43. The van der Waals surface area contributed by atoms with Crippen LogP contribution in [0.4, 0.5) is 10.8 Å². The second kappa shape index (κ2) is 8.47. The van der Waals surface area contributed by atoms with Crippen LogP contribution in [0.25, 0.3) is 10.6 Å². The summed E-state index contributed by atoms with van der Waals surface area (Å²) < 4.78 is 0. The van der Waals surface area contributed by atoms with Crippen molar-refractivity contribution in [3.05, 3.63) is 24.3 Å². The third-order valence-corrected chi connectivity index (χ3v) is 5.51. The van der Waals surface area contributed by atoms with Crippen LogP contribution in [0.1, 0.15) is 32.6 Å². The molecule has 1 aromatic carbocycles. The smallest absolute Gasteiger partial charge is 0.249 e. The van der Waals surface area contributed by atoms with Gasteiger partial charge in [-0.25, -0.2) is 0 Å². The molecular formula is C19H25N5O2S. The first-order valence-corrected chi connectivity index (χ1v) is 10.0. The molecule has 0 spiro atoms. The summed E-state index contributed by atoms with van der Waals surface area (Å²) in [6.07, 6.45) is 2.82. The number of hydrogen-bond acceptors (Lipinski definition) is 6. The predicted molar refractivity (Wildman–Crippen MR) is 108 cm³/mol. The van der Waals surface area contributed by atoms with E-state index in [0.29, 0.717) is 24.5 Å².